The summed E-state index contributed by atoms with van der Waals surface area (Å²) in [5, 5.41) is 1.79. The van der Waals surface area contributed by atoms with E-state index in [0.29, 0.717) is 19.6 Å². The van der Waals surface area contributed by atoms with Crippen molar-refractivity contribution < 1.29 is 18.4 Å². The van der Waals surface area contributed by atoms with Crippen molar-refractivity contribution in [3.8, 4) is 0 Å². The van der Waals surface area contributed by atoms with Crippen LogP contribution in [0.5, 0.6) is 0 Å². The zero-order valence-electron chi connectivity index (χ0n) is 17.9. The molecule has 3 atom stereocenters. The lowest BCUT2D eigenvalue weighted by Gasteiger charge is -2.40. The highest BCUT2D eigenvalue weighted by atomic mass is 28.4. The second-order valence-corrected chi connectivity index (χ2v) is 13.9. The van der Waals surface area contributed by atoms with Gasteiger partial charge in [0.05, 0.1) is 12.6 Å². The Morgan fingerprint density at radius 1 is 1.19 bits per heavy atom. The molecule has 1 saturated heterocycles. The quantitative estimate of drug-likeness (QED) is 0.557. The molecule has 0 amide bonds. The zero-order valence-corrected chi connectivity index (χ0v) is 18.9. The number of benzene rings is 1. The Labute approximate surface area is 165 Å². The minimum atomic E-state index is -2.02. The third-order valence-electron chi connectivity index (χ3n) is 5.77. The molecular formula is C21H36FNO3Si. The number of hydrogen-bond donors (Lipinski definition) is 0. The third-order valence-corrected chi connectivity index (χ3v) is 10.2. The summed E-state index contributed by atoms with van der Waals surface area (Å²) in [7, 11) is -2.02. The van der Waals surface area contributed by atoms with Crippen LogP contribution in [0.4, 0.5) is 4.39 Å². The van der Waals surface area contributed by atoms with Gasteiger partial charge >= 0.3 is 0 Å². The molecular weight excluding hydrogens is 361 g/mol. The number of ether oxygens (including phenoxy) is 1. The van der Waals surface area contributed by atoms with Crippen molar-refractivity contribution in [1.82, 2.24) is 5.06 Å². The molecule has 0 aromatic heterocycles. The van der Waals surface area contributed by atoms with E-state index in [9.17, 15) is 0 Å². The summed E-state index contributed by atoms with van der Waals surface area (Å²) < 4.78 is 27.6. The van der Waals surface area contributed by atoms with Gasteiger partial charge in [0, 0.05) is 19.6 Å². The molecule has 4 nitrogen and oxygen atoms in total. The van der Waals surface area contributed by atoms with Crippen LogP contribution < -0.4 is 0 Å². The second-order valence-electron chi connectivity index (χ2n) is 9.13. The Kier molecular flexibility index (Phi) is 7.25. The van der Waals surface area contributed by atoms with Gasteiger partial charge in [0.1, 0.15) is 5.67 Å². The van der Waals surface area contributed by atoms with Gasteiger partial charge in [-0.05, 0) is 37.5 Å². The predicted octanol–water partition coefficient (Wildman–Crippen LogP) is 5.31. The maximum absolute atomic E-state index is 15.8. The molecule has 27 heavy (non-hydrogen) atoms. The molecule has 154 valence electrons. The number of alkyl halides is 1. The molecule has 0 N–H and O–H groups in total. The Morgan fingerprint density at radius 3 is 2.37 bits per heavy atom. The largest absolute Gasteiger partial charge is 0.414 e. The highest BCUT2D eigenvalue weighted by Crippen LogP contribution is 2.39. The second kappa shape index (κ2) is 8.70. The van der Waals surface area contributed by atoms with E-state index in [0.717, 1.165) is 5.56 Å². The third kappa shape index (κ3) is 5.84. The summed E-state index contributed by atoms with van der Waals surface area (Å²) in [6, 6.07) is 9.57. The van der Waals surface area contributed by atoms with Gasteiger partial charge in [0.2, 0.25) is 0 Å². The monoisotopic (exact) mass is 397 g/mol. The van der Waals surface area contributed by atoms with Gasteiger partial charge < -0.3 is 9.16 Å². The highest BCUT2D eigenvalue weighted by molar-refractivity contribution is 6.74. The lowest BCUT2D eigenvalue weighted by Crippen LogP contribution is -2.51. The number of rotatable bonds is 8. The molecule has 0 spiro atoms. The number of halogens is 1. The summed E-state index contributed by atoms with van der Waals surface area (Å²) >= 11 is 0. The summed E-state index contributed by atoms with van der Waals surface area (Å²) in [6.07, 6.45) is 0.0841. The average molecular weight is 398 g/mol. The van der Waals surface area contributed by atoms with E-state index in [1.54, 1.807) is 12.0 Å². The Hall–Kier alpha value is -0.793. The maximum atomic E-state index is 15.8. The lowest BCUT2D eigenvalue weighted by molar-refractivity contribution is -0.251. The van der Waals surface area contributed by atoms with Gasteiger partial charge in [-0.2, -0.15) is 5.06 Å². The molecule has 1 heterocycles. The van der Waals surface area contributed by atoms with Crippen molar-refractivity contribution in [3.63, 3.8) is 0 Å². The van der Waals surface area contributed by atoms with Crippen LogP contribution in [0.25, 0.3) is 0 Å². The highest BCUT2D eigenvalue weighted by Gasteiger charge is 2.48. The molecule has 1 aliphatic rings. The molecule has 0 saturated carbocycles. The van der Waals surface area contributed by atoms with Crippen molar-refractivity contribution in [2.45, 2.75) is 83.7 Å². The van der Waals surface area contributed by atoms with Gasteiger partial charge in [-0.15, -0.1) is 0 Å². The van der Waals surface area contributed by atoms with E-state index in [1.165, 1.54) is 0 Å². The smallest absolute Gasteiger partial charge is 0.192 e. The summed E-state index contributed by atoms with van der Waals surface area (Å²) in [4.78, 5) is 5.93. The molecule has 1 fully saturated rings. The van der Waals surface area contributed by atoms with Gasteiger partial charge in [0.15, 0.2) is 14.6 Å². The van der Waals surface area contributed by atoms with Crippen LogP contribution >= 0.6 is 0 Å². The van der Waals surface area contributed by atoms with Crippen LogP contribution in [0.3, 0.4) is 0 Å². The molecule has 6 heteroatoms. The van der Waals surface area contributed by atoms with E-state index in [4.69, 9.17) is 14.0 Å². The van der Waals surface area contributed by atoms with Crippen LogP contribution in [0.15, 0.2) is 30.3 Å². The van der Waals surface area contributed by atoms with E-state index in [-0.39, 0.29) is 11.6 Å². The van der Waals surface area contributed by atoms with E-state index in [1.807, 2.05) is 37.3 Å². The minimum absolute atomic E-state index is 0.0485. The first kappa shape index (κ1) is 22.5. The normalized spacial score (nSPS) is 24.1. The zero-order chi connectivity index (χ0) is 20.3. The van der Waals surface area contributed by atoms with Gasteiger partial charge in [0.25, 0.3) is 0 Å². The Morgan fingerprint density at radius 2 is 1.81 bits per heavy atom. The maximum Gasteiger partial charge on any atom is 0.192 e. The van der Waals surface area contributed by atoms with Crippen LogP contribution in [0.1, 0.15) is 46.6 Å². The number of hydroxylamine groups is 2. The van der Waals surface area contributed by atoms with Crippen LogP contribution in [0, 0.1) is 0 Å². The van der Waals surface area contributed by atoms with Crippen LogP contribution in [0.2, 0.25) is 18.1 Å². The topological polar surface area (TPSA) is 30.9 Å². The van der Waals surface area contributed by atoms with Gasteiger partial charge in [-0.1, -0.05) is 51.1 Å². The lowest BCUT2D eigenvalue weighted by atomic mass is 9.96. The van der Waals surface area contributed by atoms with Crippen molar-refractivity contribution >= 4 is 8.32 Å². The molecule has 1 aromatic carbocycles. The molecule has 0 aliphatic carbocycles. The fourth-order valence-corrected chi connectivity index (χ4v) is 4.02. The molecule has 1 aromatic rings. The Balaban J connectivity index is 2.12. The average Bonchev–Trinajstić information content (AvgIpc) is 2.97. The molecule has 0 bridgehead atoms. The Bertz CT molecular complexity index is 589. The fraction of sp³-hybridized carbons (Fsp3) is 0.714. The van der Waals surface area contributed by atoms with Crippen LogP contribution in [-0.4, -0.2) is 44.6 Å². The summed E-state index contributed by atoms with van der Waals surface area (Å²) in [5.41, 5.74) is -0.448. The van der Waals surface area contributed by atoms with Gasteiger partial charge in [-0.25, -0.2) is 4.39 Å². The fourth-order valence-electron chi connectivity index (χ4n) is 2.94. The van der Waals surface area contributed by atoms with E-state index in [2.05, 4.69) is 33.9 Å². The van der Waals surface area contributed by atoms with Crippen LogP contribution in [-0.2, 0) is 20.5 Å². The molecule has 1 unspecified atom stereocenters. The van der Waals surface area contributed by atoms with Crippen molar-refractivity contribution in [2.75, 3.05) is 13.2 Å². The summed E-state index contributed by atoms with van der Waals surface area (Å²) in [6.45, 7) is 15.5. The number of nitrogens with zero attached hydrogens (tertiary/aromatic N) is 1. The first-order valence-corrected chi connectivity index (χ1v) is 12.8. The SMILES string of the molecule is CCOC1C[C@H]([C@@](C)(F)CO[Si](C)(C)C(C)(C)C)N(Cc2ccccc2)O1. The number of hydrogen-bond acceptors (Lipinski definition) is 4. The summed E-state index contributed by atoms with van der Waals surface area (Å²) in [5.74, 6) is 0. The molecule has 2 rings (SSSR count). The molecule has 0 radical (unpaired) electrons. The van der Waals surface area contributed by atoms with Crippen molar-refractivity contribution in [1.29, 1.82) is 0 Å². The standard InChI is InChI=1S/C21H36FNO3Si/c1-8-24-19-14-18(23(26-19)15-17-12-10-9-11-13-17)21(5,22)16-25-27(6,7)20(2,3)4/h9-13,18-19H,8,14-16H2,1-7H3/t18-,19?,21+/m1/s1. The molecule has 1 aliphatic heterocycles. The van der Waals surface area contributed by atoms with E-state index < -0.39 is 26.3 Å². The first-order chi connectivity index (χ1) is 12.5. The predicted molar refractivity (Wildman–Crippen MR) is 110 cm³/mol. The van der Waals surface area contributed by atoms with Crippen molar-refractivity contribution in [3.05, 3.63) is 35.9 Å². The van der Waals surface area contributed by atoms with E-state index >= 15 is 4.39 Å². The van der Waals surface area contributed by atoms with Crippen molar-refractivity contribution in [2.24, 2.45) is 0 Å². The minimum Gasteiger partial charge on any atom is -0.414 e. The van der Waals surface area contributed by atoms with Gasteiger partial charge in [-0.3, -0.25) is 4.84 Å². The first-order valence-electron chi connectivity index (χ1n) is 9.88.